The molecule has 1 aromatic carbocycles. The number of hydrogen-bond donors (Lipinski definition) is 2. The zero-order valence-electron chi connectivity index (χ0n) is 16.3. The molecule has 7 nitrogen and oxygen atoms in total. The van der Waals surface area contributed by atoms with Crippen LogP contribution in [0.3, 0.4) is 0 Å². The van der Waals surface area contributed by atoms with Crippen molar-refractivity contribution in [3.8, 4) is 0 Å². The second-order valence-electron chi connectivity index (χ2n) is 6.75. The Kier molecular flexibility index (Phi) is 7.45. The summed E-state index contributed by atoms with van der Waals surface area (Å²) in [5.41, 5.74) is 3.19. The van der Waals surface area contributed by atoms with Crippen molar-refractivity contribution in [2.75, 3.05) is 13.2 Å². The van der Waals surface area contributed by atoms with Crippen molar-refractivity contribution in [2.24, 2.45) is 10.7 Å². The van der Waals surface area contributed by atoms with E-state index in [4.69, 9.17) is 20.4 Å². The maximum atomic E-state index is 14.7. The highest BCUT2D eigenvalue weighted by Gasteiger charge is 2.54. The van der Waals surface area contributed by atoms with Gasteiger partial charge in [0.15, 0.2) is 11.3 Å². The smallest absolute Gasteiger partial charge is 0.299 e. The molecule has 0 bridgehead atoms. The molecular formula is C20H19F4N3O4. The van der Waals surface area contributed by atoms with Crippen LogP contribution in [0.15, 0.2) is 41.5 Å². The predicted molar refractivity (Wildman–Crippen MR) is 102 cm³/mol. The van der Waals surface area contributed by atoms with Crippen LogP contribution in [0.4, 0.5) is 17.6 Å². The van der Waals surface area contributed by atoms with E-state index in [1.54, 1.807) is 0 Å². The molecule has 0 unspecified atom stereocenters. The molecule has 2 aromatic rings. The van der Waals surface area contributed by atoms with Gasteiger partial charge in [0.25, 0.3) is 12.4 Å². The van der Waals surface area contributed by atoms with Crippen LogP contribution in [0.1, 0.15) is 28.5 Å². The summed E-state index contributed by atoms with van der Waals surface area (Å²) in [6.07, 6.45) is 0.664. The summed E-state index contributed by atoms with van der Waals surface area (Å²) in [4.78, 5) is 28.2. The molecular weight excluding hydrogens is 422 g/mol. The number of aromatic nitrogens is 1. The third kappa shape index (κ3) is 5.43. The van der Waals surface area contributed by atoms with Gasteiger partial charge in [0.05, 0.1) is 6.20 Å². The van der Waals surface area contributed by atoms with Crippen LogP contribution in [0.25, 0.3) is 0 Å². The lowest BCUT2D eigenvalue weighted by atomic mass is 9.84. The van der Waals surface area contributed by atoms with Gasteiger partial charge in [-0.3, -0.25) is 19.6 Å². The number of carbonyl (C=O) groups excluding carboxylic acids is 1. The van der Waals surface area contributed by atoms with Crippen LogP contribution in [0.2, 0.25) is 0 Å². The van der Waals surface area contributed by atoms with E-state index in [9.17, 15) is 22.4 Å². The first kappa shape index (κ1) is 23.9. The van der Waals surface area contributed by atoms with Crippen molar-refractivity contribution in [3.05, 3.63) is 65.0 Å². The van der Waals surface area contributed by atoms with Gasteiger partial charge in [-0.25, -0.2) is 17.6 Å². The number of ether oxygens (including phenoxy) is 1. The van der Waals surface area contributed by atoms with Gasteiger partial charge in [0.2, 0.25) is 0 Å². The van der Waals surface area contributed by atoms with E-state index < -0.39 is 41.0 Å². The summed E-state index contributed by atoms with van der Waals surface area (Å²) in [5, 5.41) is 6.89. The predicted octanol–water partition coefficient (Wildman–Crippen LogP) is 2.72. The average Bonchev–Trinajstić information content (AvgIpc) is 2.80. The Balaban J connectivity index is 0.00000107. The maximum Gasteiger partial charge on any atom is 0.299 e. The number of ketones is 1. The molecule has 0 saturated heterocycles. The molecule has 3 N–H and O–H groups in total. The van der Waals surface area contributed by atoms with Gasteiger partial charge >= 0.3 is 0 Å². The monoisotopic (exact) mass is 441 g/mol. The molecule has 2 heterocycles. The van der Waals surface area contributed by atoms with Gasteiger partial charge in [-0.1, -0.05) is 6.07 Å². The second-order valence-corrected chi connectivity index (χ2v) is 6.75. The first-order chi connectivity index (χ1) is 14.5. The van der Waals surface area contributed by atoms with E-state index in [-0.39, 0.29) is 36.6 Å². The molecule has 166 valence electrons. The first-order valence-corrected chi connectivity index (χ1v) is 8.85. The largest absolute Gasteiger partial charge is 0.483 e. The lowest BCUT2D eigenvalue weighted by Crippen LogP contribution is -2.45. The zero-order chi connectivity index (χ0) is 23.2. The minimum atomic E-state index is -3.53. The molecule has 0 saturated carbocycles. The number of alkyl halides is 2. The normalized spacial score (nSPS) is 20.0. The quantitative estimate of drug-likeness (QED) is 0.428. The molecule has 3 rings (SSSR count). The number of aliphatic imine (C=N–C) groups is 1. The summed E-state index contributed by atoms with van der Waals surface area (Å²) in [6, 6.07) is 5.76. The van der Waals surface area contributed by atoms with Crippen molar-refractivity contribution in [1.82, 2.24) is 4.98 Å². The van der Waals surface area contributed by atoms with Crippen LogP contribution in [0, 0.1) is 11.6 Å². The fourth-order valence-electron chi connectivity index (χ4n) is 2.95. The molecule has 1 aliphatic rings. The van der Waals surface area contributed by atoms with Gasteiger partial charge in [-0.05, 0) is 36.8 Å². The number of nitrogens with zero attached hydrogens (tertiary/aromatic N) is 2. The molecule has 0 radical (unpaired) electrons. The van der Waals surface area contributed by atoms with Gasteiger partial charge < -0.3 is 15.6 Å². The maximum absolute atomic E-state index is 14.7. The van der Waals surface area contributed by atoms with Crippen LogP contribution in [-0.4, -0.2) is 47.3 Å². The summed E-state index contributed by atoms with van der Waals surface area (Å²) >= 11 is 0. The van der Waals surface area contributed by atoms with E-state index in [0.29, 0.717) is 0 Å². The molecule has 0 aliphatic carbocycles. The molecule has 1 atom stereocenters. The van der Waals surface area contributed by atoms with Crippen LogP contribution in [0.5, 0.6) is 0 Å². The lowest BCUT2D eigenvalue weighted by Gasteiger charge is -2.33. The Morgan fingerprint density at radius 2 is 1.97 bits per heavy atom. The zero-order valence-corrected chi connectivity index (χ0v) is 16.3. The minimum Gasteiger partial charge on any atom is -0.483 e. The van der Waals surface area contributed by atoms with Crippen molar-refractivity contribution in [1.29, 1.82) is 0 Å². The summed E-state index contributed by atoms with van der Waals surface area (Å²) in [5.74, 6) is -5.69. The van der Waals surface area contributed by atoms with Gasteiger partial charge in [0.1, 0.15) is 36.4 Å². The van der Waals surface area contributed by atoms with Gasteiger partial charge in [0, 0.05) is 12.0 Å². The molecule has 1 aliphatic heterocycles. The number of rotatable bonds is 4. The van der Waals surface area contributed by atoms with Crippen LogP contribution < -0.4 is 5.73 Å². The number of carbonyl (C=O) groups is 2. The summed E-state index contributed by atoms with van der Waals surface area (Å²) in [7, 11) is 0. The lowest BCUT2D eigenvalue weighted by molar-refractivity contribution is -0.122. The van der Waals surface area contributed by atoms with E-state index in [0.717, 1.165) is 31.3 Å². The number of Topliss-reactive ketones (excluding diaryl/α,β-unsaturated/α-hetero) is 1. The highest BCUT2D eigenvalue weighted by Crippen LogP contribution is 2.43. The summed E-state index contributed by atoms with van der Waals surface area (Å²) in [6.45, 7) is -0.447. The fourth-order valence-corrected chi connectivity index (χ4v) is 2.95. The number of benzene rings is 1. The molecule has 1 aromatic heterocycles. The van der Waals surface area contributed by atoms with Crippen molar-refractivity contribution >= 4 is 18.1 Å². The average molecular weight is 441 g/mol. The Hall–Kier alpha value is -3.34. The van der Waals surface area contributed by atoms with Gasteiger partial charge in [-0.2, -0.15) is 0 Å². The van der Waals surface area contributed by atoms with E-state index in [1.165, 1.54) is 12.1 Å². The van der Waals surface area contributed by atoms with E-state index in [1.807, 2.05) is 0 Å². The molecule has 0 spiro atoms. The minimum absolute atomic E-state index is 0.00829. The third-order valence-corrected chi connectivity index (χ3v) is 4.55. The number of hydrogen-bond acceptors (Lipinski definition) is 6. The Bertz CT molecular complexity index is 983. The Labute approximate surface area is 174 Å². The topological polar surface area (TPSA) is 115 Å². The number of nitrogens with two attached hydrogens (primary N) is 1. The second kappa shape index (κ2) is 9.65. The van der Waals surface area contributed by atoms with Crippen LogP contribution in [-0.2, 0) is 21.5 Å². The molecule has 0 fully saturated rings. The van der Waals surface area contributed by atoms with Crippen molar-refractivity contribution < 1.29 is 37.0 Å². The number of pyridine rings is 1. The first-order valence-electron chi connectivity index (χ1n) is 8.85. The number of amidine groups is 1. The van der Waals surface area contributed by atoms with Crippen molar-refractivity contribution in [3.63, 3.8) is 0 Å². The Morgan fingerprint density at radius 1 is 1.29 bits per heavy atom. The highest BCUT2D eigenvalue weighted by atomic mass is 19.3. The third-order valence-electron chi connectivity index (χ3n) is 4.55. The molecule has 0 amide bonds. The SMILES string of the molecule is C[C@]1(c2cc(CC(=O)c3ccc(F)cn3)ccc2F)N=C(N)COCC1(F)F.O=CO. The fraction of sp³-hybridized carbons (Fsp3) is 0.300. The molecule has 31 heavy (non-hydrogen) atoms. The van der Waals surface area contributed by atoms with Crippen molar-refractivity contribution in [2.45, 2.75) is 24.8 Å². The highest BCUT2D eigenvalue weighted by molar-refractivity contribution is 5.95. The number of halogens is 4. The Morgan fingerprint density at radius 3 is 2.58 bits per heavy atom. The standard InChI is InChI=1S/C19H17F4N3O2.CH2O2/c1-18(19(22,23)10-28-9-17(24)26-18)13-6-11(2-4-14(13)21)7-16(27)15-5-3-12(20)8-25-15;2-1-3/h2-6,8H,7,9-10H2,1H3,(H2,24,26);1H,(H,2,3)/t18-;/m1./s1. The van der Waals surface area contributed by atoms with Gasteiger partial charge in [-0.15, -0.1) is 0 Å². The summed E-state index contributed by atoms with van der Waals surface area (Å²) < 4.78 is 61.6. The van der Waals surface area contributed by atoms with E-state index in [2.05, 4.69) is 9.98 Å². The number of carboxylic acid groups (broad SMARTS) is 1. The van der Waals surface area contributed by atoms with Crippen LogP contribution >= 0.6 is 0 Å². The van der Waals surface area contributed by atoms with E-state index >= 15 is 0 Å². The molecule has 11 heteroatoms.